The molecule has 1 aliphatic heterocycles. The van der Waals surface area contributed by atoms with E-state index >= 15 is 0 Å². The summed E-state index contributed by atoms with van der Waals surface area (Å²) in [7, 11) is 0. The summed E-state index contributed by atoms with van der Waals surface area (Å²) < 4.78 is 5.58. The summed E-state index contributed by atoms with van der Waals surface area (Å²) in [6.45, 7) is 1.71. The van der Waals surface area contributed by atoms with E-state index in [1.54, 1.807) is 18.3 Å². The Morgan fingerprint density at radius 3 is 2.43 bits per heavy atom. The van der Waals surface area contributed by atoms with Gasteiger partial charge in [-0.05, 0) is 54.7 Å². The number of piperidine rings is 1. The Morgan fingerprint density at radius 1 is 1.00 bits per heavy atom. The molecular formula is C22H25N3O3. The topological polar surface area (TPSA) is 71.0 Å². The predicted octanol–water partition coefficient (Wildman–Crippen LogP) is 2.77. The van der Waals surface area contributed by atoms with Crippen LogP contribution < -0.4 is 10.2 Å². The number of nitrogens with one attached hydrogen (secondary N) is 1. The smallest absolute Gasteiger partial charge is 0.260 e. The van der Waals surface area contributed by atoms with Crippen LogP contribution in [-0.4, -0.2) is 42.6 Å². The summed E-state index contributed by atoms with van der Waals surface area (Å²) in [5, 5.41) is 3.98. The molecule has 0 radical (unpaired) electrons. The summed E-state index contributed by atoms with van der Waals surface area (Å²) in [5.41, 5.74) is 4.29. The van der Waals surface area contributed by atoms with Gasteiger partial charge in [0.05, 0.1) is 12.6 Å². The number of carbonyl (C=O) groups excluding carboxylic acids is 2. The molecule has 0 unspecified atom stereocenters. The average Bonchev–Trinajstić information content (AvgIpc) is 2.74. The van der Waals surface area contributed by atoms with Crippen LogP contribution >= 0.6 is 0 Å². The first-order chi connectivity index (χ1) is 13.7. The number of ether oxygens (including phenoxy) is 1. The number of hydrazone groups is 1. The number of nitrogens with zero attached hydrogens (tertiary/aromatic N) is 2. The Kier molecular flexibility index (Phi) is 7.18. The maximum absolute atomic E-state index is 12.1. The molecule has 28 heavy (non-hydrogen) atoms. The van der Waals surface area contributed by atoms with E-state index in [9.17, 15) is 9.59 Å². The van der Waals surface area contributed by atoms with E-state index in [4.69, 9.17) is 4.74 Å². The molecule has 0 bridgehead atoms. The molecule has 146 valence electrons. The van der Waals surface area contributed by atoms with E-state index in [1.807, 2.05) is 47.4 Å². The van der Waals surface area contributed by atoms with Crippen LogP contribution in [0.1, 0.15) is 30.4 Å². The number of benzene rings is 2. The molecular weight excluding hydrogens is 354 g/mol. The van der Waals surface area contributed by atoms with Crippen LogP contribution in [0.15, 0.2) is 59.7 Å². The summed E-state index contributed by atoms with van der Waals surface area (Å²) in [6.07, 6.45) is 5.20. The van der Waals surface area contributed by atoms with E-state index in [0.29, 0.717) is 5.75 Å². The Hall–Kier alpha value is -3.15. The largest absolute Gasteiger partial charge is 0.484 e. The van der Waals surface area contributed by atoms with Crippen LogP contribution in [0, 0.1) is 0 Å². The first-order valence-electron chi connectivity index (χ1n) is 9.57. The van der Waals surface area contributed by atoms with Gasteiger partial charge in [-0.15, -0.1) is 0 Å². The third kappa shape index (κ3) is 6.23. The van der Waals surface area contributed by atoms with Gasteiger partial charge in [0, 0.05) is 13.1 Å². The van der Waals surface area contributed by atoms with Crippen LogP contribution in [0.4, 0.5) is 0 Å². The molecule has 1 fully saturated rings. The van der Waals surface area contributed by atoms with Crippen LogP contribution in [0.5, 0.6) is 5.75 Å². The zero-order chi connectivity index (χ0) is 19.6. The van der Waals surface area contributed by atoms with Crippen molar-refractivity contribution in [3.05, 3.63) is 65.7 Å². The second-order valence-electron chi connectivity index (χ2n) is 6.75. The number of hydrogen-bond donors (Lipinski definition) is 1. The lowest BCUT2D eigenvalue weighted by Gasteiger charge is -2.26. The highest BCUT2D eigenvalue weighted by Gasteiger charge is 2.16. The number of hydrogen-bond acceptors (Lipinski definition) is 4. The SMILES string of the molecule is O=C(Cc1ccccc1)N/N=C\c1ccc(OCC(=O)N2CCCCC2)cc1. The summed E-state index contributed by atoms with van der Waals surface area (Å²) in [5.74, 6) is 0.501. The highest BCUT2D eigenvalue weighted by atomic mass is 16.5. The molecule has 0 aromatic heterocycles. The van der Waals surface area contributed by atoms with Crippen molar-refractivity contribution in [3.8, 4) is 5.75 Å². The first-order valence-corrected chi connectivity index (χ1v) is 9.57. The van der Waals surface area contributed by atoms with Gasteiger partial charge in [0.2, 0.25) is 5.91 Å². The van der Waals surface area contributed by atoms with E-state index in [0.717, 1.165) is 37.1 Å². The molecule has 1 saturated heterocycles. The van der Waals surface area contributed by atoms with Crippen molar-refractivity contribution in [3.63, 3.8) is 0 Å². The number of carbonyl (C=O) groups is 2. The summed E-state index contributed by atoms with van der Waals surface area (Å²) in [6, 6.07) is 16.7. The van der Waals surface area contributed by atoms with E-state index in [1.165, 1.54) is 6.42 Å². The maximum Gasteiger partial charge on any atom is 0.260 e. The van der Waals surface area contributed by atoms with Gasteiger partial charge in [-0.25, -0.2) is 5.43 Å². The normalized spacial score (nSPS) is 14.1. The standard InChI is InChI=1S/C22H25N3O3/c26-21(15-18-7-3-1-4-8-18)24-23-16-19-9-11-20(12-10-19)28-17-22(27)25-13-5-2-6-14-25/h1,3-4,7-12,16H,2,5-6,13-15,17H2,(H,24,26)/b23-16-. The Balaban J connectivity index is 1.41. The maximum atomic E-state index is 12.1. The van der Waals surface area contributed by atoms with Crippen molar-refractivity contribution in [2.24, 2.45) is 5.10 Å². The molecule has 0 spiro atoms. The van der Waals surface area contributed by atoms with Gasteiger partial charge in [-0.1, -0.05) is 30.3 Å². The zero-order valence-electron chi connectivity index (χ0n) is 15.8. The first kappa shape index (κ1) is 19.6. The van der Waals surface area contributed by atoms with Crippen molar-refractivity contribution in [2.45, 2.75) is 25.7 Å². The molecule has 1 N–H and O–H groups in total. The van der Waals surface area contributed by atoms with Gasteiger partial charge in [0.1, 0.15) is 5.75 Å². The molecule has 6 nitrogen and oxygen atoms in total. The second kappa shape index (κ2) is 10.3. The Labute approximate surface area is 165 Å². The van der Waals surface area contributed by atoms with E-state index in [2.05, 4.69) is 10.5 Å². The quantitative estimate of drug-likeness (QED) is 0.594. The minimum atomic E-state index is -0.168. The van der Waals surface area contributed by atoms with Gasteiger partial charge in [0.25, 0.3) is 5.91 Å². The van der Waals surface area contributed by atoms with Crippen LogP contribution in [0.2, 0.25) is 0 Å². The van der Waals surface area contributed by atoms with E-state index < -0.39 is 0 Å². The lowest BCUT2D eigenvalue weighted by atomic mass is 10.1. The molecule has 1 aliphatic rings. The molecule has 0 atom stereocenters. The summed E-state index contributed by atoms with van der Waals surface area (Å²) >= 11 is 0. The third-order valence-electron chi connectivity index (χ3n) is 4.56. The molecule has 0 aliphatic carbocycles. The minimum Gasteiger partial charge on any atom is -0.484 e. The second-order valence-corrected chi connectivity index (χ2v) is 6.75. The highest BCUT2D eigenvalue weighted by Crippen LogP contribution is 2.13. The number of rotatable bonds is 7. The zero-order valence-corrected chi connectivity index (χ0v) is 15.8. The van der Waals surface area contributed by atoms with Gasteiger partial charge >= 0.3 is 0 Å². The van der Waals surface area contributed by atoms with Crippen molar-refractivity contribution >= 4 is 18.0 Å². The lowest BCUT2D eigenvalue weighted by molar-refractivity contribution is -0.134. The highest BCUT2D eigenvalue weighted by molar-refractivity contribution is 5.83. The van der Waals surface area contributed by atoms with E-state index in [-0.39, 0.29) is 24.8 Å². The summed E-state index contributed by atoms with van der Waals surface area (Å²) in [4.78, 5) is 25.8. The van der Waals surface area contributed by atoms with Crippen molar-refractivity contribution in [2.75, 3.05) is 19.7 Å². The predicted molar refractivity (Wildman–Crippen MR) is 108 cm³/mol. The fraction of sp³-hybridized carbons (Fsp3) is 0.318. The molecule has 0 saturated carbocycles. The van der Waals surface area contributed by atoms with Crippen molar-refractivity contribution in [1.82, 2.24) is 10.3 Å². The number of likely N-dealkylation sites (tertiary alicyclic amines) is 1. The van der Waals surface area contributed by atoms with Crippen molar-refractivity contribution in [1.29, 1.82) is 0 Å². The molecule has 2 amide bonds. The van der Waals surface area contributed by atoms with Crippen LogP contribution in [0.3, 0.4) is 0 Å². The molecule has 2 aromatic rings. The minimum absolute atomic E-state index is 0.0338. The Bertz CT molecular complexity index is 798. The van der Waals surface area contributed by atoms with Crippen molar-refractivity contribution < 1.29 is 14.3 Å². The molecule has 6 heteroatoms. The average molecular weight is 379 g/mol. The van der Waals surface area contributed by atoms with Gasteiger partial charge < -0.3 is 9.64 Å². The van der Waals surface area contributed by atoms with Gasteiger partial charge in [0.15, 0.2) is 6.61 Å². The Morgan fingerprint density at radius 2 is 1.71 bits per heavy atom. The third-order valence-corrected chi connectivity index (χ3v) is 4.56. The van der Waals surface area contributed by atoms with Gasteiger partial charge in [-0.3, -0.25) is 9.59 Å². The number of amides is 2. The monoisotopic (exact) mass is 379 g/mol. The van der Waals surface area contributed by atoms with Crippen LogP contribution in [-0.2, 0) is 16.0 Å². The van der Waals surface area contributed by atoms with Gasteiger partial charge in [-0.2, -0.15) is 5.10 Å². The lowest BCUT2D eigenvalue weighted by Crippen LogP contribution is -2.38. The fourth-order valence-electron chi connectivity index (χ4n) is 3.03. The molecule has 1 heterocycles. The fourth-order valence-corrected chi connectivity index (χ4v) is 3.03. The van der Waals surface area contributed by atoms with Crippen LogP contribution in [0.25, 0.3) is 0 Å². The molecule has 3 rings (SSSR count). The molecule has 2 aromatic carbocycles.